The molecule has 4 heteroatoms. The summed E-state index contributed by atoms with van der Waals surface area (Å²) < 4.78 is 4.78. The zero-order valence-electron chi connectivity index (χ0n) is 9.83. The van der Waals surface area contributed by atoms with Gasteiger partial charge >= 0.3 is 5.97 Å². The fourth-order valence-corrected chi connectivity index (χ4v) is 2.30. The van der Waals surface area contributed by atoms with E-state index in [2.05, 4.69) is 0 Å². The Hall–Kier alpha value is -0.670. The lowest BCUT2D eigenvalue weighted by atomic mass is 9.85. The number of carbonyl (C=O) groups excluding carboxylic acids is 1. The van der Waals surface area contributed by atoms with Crippen molar-refractivity contribution < 1.29 is 9.53 Å². The standard InChI is InChI=1S/C12H15ClO2S/c1-12(2,11(14)15-3)8-5-6-10(16-4)9(13)7-8/h5-7H,1-4H3. The van der Waals surface area contributed by atoms with E-state index in [4.69, 9.17) is 16.3 Å². The van der Waals surface area contributed by atoms with Gasteiger partial charge in [-0.1, -0.05) is 17.7 Å². The van der Waals surface area contributed by atoms with Gasteiger partial charge in [-0.2, -0.15) is 0 Å². The Morgan fingerprint density at radius 2 is 2.06 bits per heavy atom. The molecule has 0 aliphatic rings. The average molecular weight is 259 g/mol. The molecule has 0 aliphatic heterocycles. The van der Waals surface area contributed by atoms with Crippen molar-refractivity contribution in [2.45, 2.75) is 24.2 Å². The number of benzene rings is 1. The zero-order valence-corrected chi connectivity index (χ0v) is 11.4. The van der Waals surface area contributed by atoms with Crippen molar-refractivity contribution >= 4 is 29.3 Å². The van der Waals surface area contributed by atoms with E-state index >= 15 is 0 Å². The first-order valence-corrected chi connectivity index (χ1v) is 6.46. The summed E-state index contributed by atoms with van der Waals surface area (Å²) in [5.41, 5.74) is 0.192. The van der Waals surface area contributed by atoms with Gasteiger partial charge in [0.25, 0.3) is 0 Å². The predicted octanol–water partition coefficient (Wildman–Crippen LogP) is 3.51. The molecule has 1 rings (SSSR count). The fraction of sp³-hybridized carbons (Fsp3) is 0.417. The first kappa shape index (κ1) is 13.4. The Balaban J connectivity index is 3.14. The molecule has 0 amide bonds. The van der Waals surface area contributed by atoms with Crippen LogP contribution in [-0.2, 0) is 14.9 Å². The monoisotopic (exact) mass is 258 g/mol. The number of hydrogen-bond donors (Lipinski definition) is 0. The van der Waals surface area contributed by atoms with Crippen molar-refractivity contribution in [2.24, 2.45) is 0 Å². The molecule has 1 aromatic rings. The highest BCUT2D eigenvalue weighted by Crippen LogP contribution is 2.32. The molecule has 0 radical (unpaired) electrons. The second-order valence-corrected chi connectivity index (χ2v) is 5.22. The summed E-state index contributed by atoms with van der Waals surface area (Å²) in [4.78, 5) is 12.6. The second-order valence-electron chi connectivity index (χ2n) is 3.97. The Labute approximate surface area is 105 Å². The lowest BCUT2D eigenvalue weighted by Gasteiger charge is -2.22. The van der Waals surface area contributed by atoms with Crippen molar-refractivity contribution in [3.8, 4) is 0 Å². The molecular weight excluding hydrogens is 244 g/mol. The molecule has 1 aromatic carbocycles. The van der Waals surface area contributed by atoms with E-state index in [1.165, 1.54) is 7.11 Å². The fourth-order valence-electron chi connectivity index (χ4n) is 1.43. The Morgan fingerprint density at radius 3 is 2.50 bits per heavy atom. The van der Waals surface area contributed by atoms with Crippen LogP contribution in [0.4, 0.5) is 0 Å². The highest BCUT2D eigenvalue weighted by atomic mass is 35.5. The van der Waals surface area contributed by atoms with E-state index in [1.807, 2.05) is 38.3 Å². The maximum Gasteiger partial charge on any atom is 0.315 e. The van der Waals surface area contributed by atoms with Crippen molar-refractivity contribution in [1.29, 1.82) is 0 Å². The Kier molecular flexibility index (Phi) is 4.28. The van der Waals surface area contributed by atoms with Gasteiger partial charge in [-0.05, 0) is 37.8 Å². The minimum Gasteiger partial charge on any atom is -0.468 e. The van der Waals surface area contributed by atoms with Crippen molar-refractivity contribution in [3.63, 3.8) is 0 Å². The molecule has 0 unspecified atom stereocenters. The molecule has 0 heterocycles. The first-order valence-electron chi connectivity index (χ1n) is 4.86. The van der Waals surface area contributed by atoms with Gasteiger partial charge in [0.2, 0.25) is 0 Å². The Bertz CT molecular complexity index is 402. The minimum absolute atomic E-state index is 0.263. The highest BCUT2D eigenvalue weighted by molar-refractivity contribution is 7.98. The van der Waals surface area contributed by atoms with Crippen LogP contribution in [0.3, 0.4) is 0 Å². The van der Waals surface area contributed by atoms with Crippen LogP contribution >= 0.6 is 23.4 Å². The van der Waals surface area contributed by atoms with E-state index in [0.29, 0.717) is 5.02 Å². The number of esters is 1. The van der Waals surface area contributed by atoms with Gasteiger partial charge in [0.1, 0.15) is 0 Å². The molecule has 88 valence electrons. The van der Waals surface area contributed by atoms with Gasteiger partial charge in [-0.3, -0.25) is 4.79 Å². The molecule has 0 atom stereocenters. The SMILES string of the molecule is COC(=O)C(C)(C)c1ccc(SC)c(Cl)c1. The summed E-state index contributed by atoms with van der Waals surface area (Å²) in [7, 11) is 1.39. The van der Waals surface area contributed by atoms with Gasteiger partial charge in [0, 0.05) is 4.90 Å². The van der Waals surface area contributed by atoms with Crippen LogP contribution in [0, 0.1) is 0 Å². The van der Waals surface area contributed by atoms with Crippen molar-refractivity contribution in [3.05, 3.63) is 28.8 Å². The number of rotatable bonds is 3. The molecule has 2 nitrogen and oxygen atoms in total. The number of hydrogen-bond acceptors (Lipinski definition) is 3. The van der Waals surface area contributed by atoms with Crippen LogP contribution in [0.25, 0.3) is 0 Å². The van der Waals surface area contributed by atoms with E-state index in [0.717, 1.165) is 10.5 Å². The van der Waals surface area contributed by atoms with Gasteiger partial charge in [0.15, 0.2) is 0 Å². The number of halogens is 1. The van der Waals surface area contributed by atoms with E-state index in [1.54, 1.807) is 11.8 Å². The van der Waals surface area contributed by atoms with Crippen molar-refractivity contribution in [1.82, 2.24) is 0 Å². The molecule has 0 aliphatic carbocycles. The lowest BCUT2D eigenvalue weighted by molar-refractivity contribution is -0.146. The number of ether oxygens (including phenoxy) is 1. The summed E-state index contributed by atoms with van der Waals surface area (Å²) in [5, 5.41) is 0.668. The normalized spacial score (nSPS) is 11.3. The third kappa shape index (κ3) is 2.53. The zero-order chi connectivity index (χ0) is 12.3. The van der Waals surface area contributed by atoms with E-state index < -0.39 is 5.41 Å². The summed E-state index contributed by atoms with van der Waals surface area (Å²) >= 11 is 7.69. The molecular formula is C12H15ClO2S. The van der Waals surface area contributed by atoms with Gasteiger partial charge in [0.05, 0.1) is 17.5 Å². The molecule has 0 saturated carbocycles. The van der Waals surface area contributed by atoms with Gasteiger partial charge < -0.3 is 4.74 Å². The largest absolute Gasteiger partial charge is 0.468 e. The third-order valence-electron chi connectivity index (χ3n) is 2.57. The first-order chi connectivity index (χ1) is 7.43. The van der Waals surface area contributed by atoms with Crippen LogP contribution in [0.5, 0.6) is 0 Å². The minimum atomic E-state index is -0.671. The van der Waals surface area contributed by atoms with Gasteiger partial charge in [-0.15, -0.1) is 11.8 Å². The number of thioether (sulfide) groups is 1. The molecule has 0 aromatic heterocycles. The van der Waals surface area contributed by atoms with Crippen LogP contribution in [0.15, 0.2) is 23.1 Å². The predicted molar refractivity (Wildman–Crippen MR) is 68.3 cm³/mol. The summed E-state index contributed by atoms with van der Waals surface area (Å²) in [6.07, 6.45) is 1.96. The van der Waals surface area contributed by atoms with Crippen LogP contribution in [0.2, 0.25) is 5.02 Å². The second kappa shape index (κ2) is 5.11. The van der Waals surface area contributed by atoms with Crippen LogP contribution < -0.4 is 0 Å². The lowest BCUT2D eigenvalue weighted by Crippen LogP contribution is -2.30. The molecule has 0 N–H and O–H groups in total. The average Bonchev–Trinajstić information content (AvgIpc) is 2.27. The van der Waals surface area contributed by atoms with Crippen LogP contribution in [0.1, 0.15) is 19.4 Å². The smallest absolute Gasteiger partial charge is 0.315 e. The maximum atomic E-state index is 11.6. The quantitative estimate of drug-likeness (QED) is 0.613. The number of carbonyl (C=O) groups is 1. The Morgan fingerprint density at radius 1 is 1.44 bits per heavy atom. The van der Waals surface area contributed by atoms with Crippen molar-refractivity contribution in [2.75, 3.05) is 13.4 Å². The van der Waals surface area contributed by atoms with Crippen LogP contribution in [-0.4, -0.2) is 19.3 Å². The van der Waals surface area contributed by atoms with E-state index in [-0.39, 0.29) is 5.97 Å². The number of methoxy groups -OCH3 is 1. The molecule has 0 saturated heterocycles. The molecule has 0 fully saturated rings. The highest BCUT2D eigenvalue weighted by Gasteiger charge is 2.31. The van der Waals surface area contributed by atoms with Gasteiger partial charge in [-0.25, -0.2) is 0 Å². The molecule has 0 bridgehead atoms. The summed E-state index contributed by atoms with van der Waals surface area (Å²) in [6, 6.07) is 5.66. The topological polar surface area (TPSA) is 26.3 Å². The molecule has 16 heavy (non-hydrogen) atoms. The summed E-state index contributed by atoms with van der Waals surface area (Å²) in [6.45, 7) is 3.65. The molecule has 0 spiro atoms. The van der Waals surface area contributed by atoms with E-state index in [9.17, 15) is 4.79 Å². The maximum absolute atomic E-state index is 11.6. The summed E-state index contributed by atoms with van der Waals surface area (Å²) in [5.74, 6) is -0.263. The third-order valence-corrected chi connectivity index (χ3v) is 3.79.